The first-order valence-corrected chi connectivity index (χ1v) is 7.59. The van der Waals surface area contributed by atoms with Crippen LogP contribution >= 0.6 is 0 Å². The lowest BCUT2D eigenvalue weighted by molar-refractivity contribution is 0.101. The molecule has 0 aliphatic rings. The molecule has 0 heterocycles. The van der Waals surface area contributed by atoms with E-state index in [1.807, 2.05) is 12.1 Å². The van der Waals surface area contributed by atoms with Crippen molar-refractivity contribution >= 4 is 0 Å². The zero-order valence-electron chi connectivity index (χ0n) is 14.1. The van der Waals surface area contributed by atoms with Crippen molar-refractivity contribution in [3.05, 3.63) is 29.8 Å². The van der Waals surface area contributed by atoms with Crippen molar-refractivity contribution in [2.45, 2.75) is 26.4 Å². The van der Waals surface area contributed by atoms with Gasteiger partial charge < -0.3 is 14.8 Å². The summed E-state index contributed by atoms with van der Waals surface area (Å²) in [6.07, 6.45) is 0. The summed E-state index contributed by atoms with van der Waals surface area (Å²) in [6, 6.07) is 8.61. The van der Waals surface area contributed by atoms with Crippen LogP contribution in [0.5, 0.6) is 5.75 Å². The zero-order valence-corrected chi connectivity index (χ0v) is 14.1. The molecule has 1 rings (SSSR count). The van der Waals surface area contributed by atoms with E-state index in [9.17, 15) is 0 Å². The number of likely N-dealkylation sites (N-methyl/N-ethyl adjacent to an activating group) is 1. The van der Waals surface area contributed by atoms with E-state index in [4.69, 9.17) is 9.47 Å². The number of hydrogen-bond acceptors (Lipinski definition) is 4. The van der Waals surface area contributed by atoms with Crippen molar-refractivity contribution in [3.8, 4) is 5.75 Å². The van der Waals surface area contributed by atoms with E-state index in [0.29, 0.717) is 12.0 Å². The summed E-state index contributed by atoms with van der Waals surface area (Å²) >= 11 is 0. The Kier molecular flexibility index (Phi) is 8.35. The predicted molar refractivity (Wildman–Crippen MR) is 87.8 cm³/mol. The lowest BCUT2D eigenvalue weighted by atomic mass is 10.1. The highest BCUT2D eigenvalue weighted by atomic mass is 16.5. The highest BCUT2D eigenvalue weighted by molar-refractivity contribution is 5.27. The molecule has 1 N–H and O–H groups in total. The van der Waals surface area contributed by atoms with Gasteiger partial charge in [-0.15, -0.1) is 0 Å². The quantitative estimate of drug-likeness (QED) is 0.718. The molecule has 1 unspecified atom stereocenters. The number of nitrogens with zero attached hydrogens (tertiary/aromatic N) is 1. The smallest absolute Gasteiger partial charge is 0.118 e. The van der Waals surface area contributed by atoms with Crippen LogP contribution in [0.4, 0.5) is 0 Å². The Bertz CT molecular complexity index is 379. The van der Waals surface area contributed by atoms with Crippen molar-refractivity contribution in [1.82, 2.24) is 10.2 Å². The number of rotatable bonds is 10. The largest absolute Gasteiger partial charge is 0.497 e. The highest BCUT2D eigenvalue weighted by Gasteiger charge is 2.14. The third kappa shape index (κ3) is 6.93. The minimum absolute atomic E-state index is 0.371. The standard InChI is InChI=1S/C17H30N2O2/c1-14(2)10-18-11-16(13-20-4)19(3)12-15-6-8-17(21-5)9-7-15/h6-9,14,16,18H,10-13H2,1-5H3. The Balaban J connectivity index is 2.51. The Hall–Kier alpha value is -1.10. The van der Waals surface area contributed by atoms with Crippen LogP contribution in [0.3, 0.4) is 0 Å². The fourth-order valence-electron chi connectivity index (χ4n) is 2.22. The first kappa shape index (κ1) is 18.0. The van der Waals surface area contributed by atoms with Gasteiger partial charge in [0.2, 0.25) is 0 Å². The lowest BCUT2D eigenvalue weighted by Crippen LogP contribution is -2.43. The summed E-state index contributed by atoms with van der Waals surface area (Å²) < 4.78 is 10.5. The molecule has 4 nitrogen and oxygen atoms in total. The predicted octanol–water partition coefficient (Wildman–Crippen LogP) is 2.39. The molecule has 0 fully saturated rings. The molecule has 21 heavy (non-hydrogen) atoms. The van der Waals surface area contributed by atoms with Gasteiger partial charge in [-0.1, -0.05) is 26.0 Å². The number of ether oxygens (including phenoxy) is 2. The van der Waals surface area contributed by atoms with Gasteiger partial charge in [0.25, 0.3) is 0 Å². The molecular formula is C17H30N2O2. The Labute approximate surface area is 129 Å². The van der Waals surface area contributed by atoms with Crippen molar-refractivity contribution in [2.75, 3.05) is 41.0 Å². The fraction of sp³-hybridized carbons (Fsp3) is 0.647. The average molecular weight is 294 g/mol. The van der Waals surface area contributed by atoms with E-state index in [2.05, 4.69) is 43.2 Å². The Morgan fingerprint density at radius 2 is 1.76 bits per heavy atom. The van der Waals surface area contributed by atoms with Gasteiger partial charge >= 0.3 is 0 Å². The second-order valence-electron chi connectivity index (χ2n) is 5.92. The highest BCUT2D eigenvalue weighted by Crippen LogP contribution is 2.13. The van der Waals surface area contributed by atoms with Gasteiger partial charge in [-0.05, 0) is 37.2 Å². The van der Waals surface area contributed by atoms with Gasteiger partial charge in [-0.25, -0.2) is 0 Å². The van der Waals surface area contributed by atoms with Crippen molar-refractivity contribution in [1.29, 1.82) is 0 Å². The fourth-order valence-corrected chi connectivity index (χ4v) is 2.22. The second-order valence-corrected chi connectivity index (χ2v) is 5.92. The summed E-state index contributed by atoms with van der Waals surface area (Å²) in [6.45, 7) is 8.06. The van der Waals surface area contributed by atoms with E-state index in [1.165, 1.54) is 5.56 Å². The molecule has 0 aliphatic heterocycles. The van der Waals surface area contributed by atoms with E-state index in [0.717, 1.165) is 32.0 Å². The van der Waals surface area contributed by atoms with Gasteiger partial charge in [0, 0.05) is 26.2 Å². The summed E-state index contributed by atoms with van der Waals surface area (Å²) in [5.74, 6) is 1.56. The van der Waals surface area contributed by atoms with Crippen LogP contribution in [-0.4, -0.2) is 51.9 Å². The third-order valence-corrected chi connectivity index (χ3v) is 3.51. The second kappa shape index (κ2) is 9.77. The molecule has 120 valence electrons. The van der Waals surface area contributed by atoms with Gasteiger partial charge in [-0.3, -0.25) is 4.90 Å². The van der Waals surface area contributed by atoms with Crippen molar-refractivity contribution in [2.24, 2.45) is 5.92 Å². The number of methoxy groups -OCH3 is 2. The maximum atomic E-state index is 5.36. The topological polar surface area (TPSA) is 33.7 Å². The molecule has 0 saturated heterocycles. The molecule has 0 aliphatic carbocycles. The Morgan fingerprint density at radius 3 is 2.29 bits per heavy atom. The SMILES string of the molecule is COCC(CNCC(C)C)N(C)Cc1ccc(OC)cc1. The Morgan fingerprint density at radius 1 is 1.10 bits per heavy atom. The van der Waals surface area contributed by atoms with Gasteiger partial charge in [0.15, 0.2) is 0 Å². The molecule has 1 aromatic carbocycles. The lowest BCUT2D eigenvalue weighted by Gasteiger charge is -2.28. The summed E-state index contributed by atoms with van der Waals surface area (Å²) in [4.78, 5) is 2.33. The first-order valence-electron chi connectivity index (χ1n) is 7.59. The molecule has 1 aromatic rings. The minimum atomic E-state index is 0.371. The average Bonchev–Trinajstić information content (AvgIpc) is 2.46. The van der Waals surface area contributed by atoms with Crippen molar-refractivity contribution in [3.63, 3.8) is 0 Å². The van der Waals surface area contributed by atoms with Crippen LogP contribution in [0.25, 0.3) is 0 Å². The first-order chi connectivity index (χ1) is 10.1. The van der Waals surface area contributed by atoms with Crippen LogP contribution < -0.4 is 10.1 Å². The molecule has 0 amide bonds. The molecule has 0 bridgehead atoms. The van der Waals surface area contributed by atoms with Crippen LogP contribution in [0.1, 0.15) is 19.4 Å². The molecule has 0 spiro atoms. The van der Waals surface area contributed by atoms with E-state index in [1.54, 1.807) is 14.2 Å². The van der Waals surface area contributed by atoms with Crippen LogP contribution in [0.15, 0.2) is 24.3 Å². The maximum absolute atomic E-state index is 5.36. The molecule has 1 atom stereocenters. The van der Waals surface area contributed by atoms with Gasteiger partial charge in [-0.2, -0.15) is 0 Å². The number of benzene rings is 1. The van der Waals surface area contributed by atoms with Crippen LogP contribution in [0.2, 0.25) is 0 Å². The minimum Gasteiger partial charge on any atom is -0.497 e. The molecular weight excluding hydrogens is 264 g/mol. The molecule has 4 heteroatoms. The molecule has 0 radical (unpaired) electrons. The number of hydrogen-bond donors (Lipinski definition) is 1. The zero-order chi connectivity index (χ0) is 15.7. The third-order valence-electron chi connectivity index (χ3n) is 3.51. The summed E-state index contributed by atoms with van der Waals surface area (Å²) in [7, 11) is 5.60. The van der Waals surface area contributed by atoms with E-state index in [-0.39, 0.29) is 0 Å². The summed E-state index contributed by atoms with van der Waals surface area (Å²) in [5.41, 5.74) is 1.28. The summed E-state index contributed by atoms with van der Waals surface area (Å²) in [5, 5.41) is 3.51. The number of nitrogens with one attached hydrogen (secondary N) is 1. The van der Waals surface area contributed by atoms with Crippen molar-refractivity contribution < 1.29 is 9.47 Å². The maximum Gasteiger partial charge on any atom is 0.118 e. The van der Waals surface area contributed by atoms with Gasteiger partial charge in [0.1, 0.15) is 5.75 Å². The normalized spacial score (nSPS) is 12.9. The monoisotopic (exact) mass is 294 g/mol. The molecule has 0 saturated carbocycles. The molecule has 0 aromatic heterocycles. The van der Waals surface area contributed by atoms with Crippen LogP contribution in [0, 0.1) is 5.92 Å². The van der Waals surface area contributed by atoms with E-state index >= 15 is 0 Å². The van der Waals surface area contributed by atoms with Crippen LogP contribution in [-0.2, 0) is 11.3 Å². The van der Waals surface area contributed by atoms with Gasteiger partial charge in [0.05, 0.1) is 13.7 Å². The van der Waals surface area contributed by atoms with E-state index < -0.39 is 0 Å².